The van der Waals surface area contributed by atoms with Crippen molar-refractivity contribution in [3.63, 3.8) is 0 Å². The van der Waals surface area contributed by atoms with E-state index in [1.807, 2.05) is 12.1 Å². The number of hydrogen-bond acceptors (Lipinski definition) is 2. The highest BCUT2D eigenvalue weighted by atomic mass is 35.5. The first kappa shape index (κ1) is 16.3. The van der Waals surface area contributed by atoms with E-state index in [9.17, 15) is 0 Å². The van der Waals surface area contributed by atoms with Crippen molar-refractivity contribution in [1.29, 1.82) is 0 Å². The van der Waals surface area contributed by atoms with Crippen LogP contribution in [0.15, 0.2) is 18.2 Å². The largest absolute Gasteiger partial charge is 0.389 e. The molecule has 3 N–H and O–H groups in total. The summed E-state index contributed by atoms with van der Waals surface area (Å²) in [6, 6.07) is 5.54. The summed E-state index contributed by atoms with van der Waals surface area (Å²) in [4.78, 5) is 0.380. The van der Waals surface area contributed by atoms with Crippen LogP contribution in [-0.2, 0) is 0 Å². The van der Waals surface area contributed by atoms with Crippen molar-refractivity contribution in [2.45, 2.75) is 46.6 Å². The summed E-state index contributed by atoms with van der Waals surface area (Å²) in [6.07, 6.45) is 1.02. The standard InChI is InChI=1S/C15H23ClN2S/c1-14(2,3)9-15(4,5)18-12-8-10(16)6-7-11(12)13(17)19/h6-8,18H,9H2,1-5H3,(H2,17,19). The van der Waals surface area contributed by atoms with Crippen LogP contribution in [0.4, 0.5) is 5.69 Å². The molecule has 0 amide bonds. The number of anilines is 1. The first-order valence-corrected chi connectivity index (χ1v) is 7.16. The summed E-state index contributed by atoms with van der Waals surface area (Å²) in [6.45, 7) is 11.0. The molecule has 1 aromatic carbocycles. The molecule has 4 heteroatoms. The Morgan fingerprint density at radius 1 is 1.26 bits per heavy atom. The number of nitrogens with two attached hydrogens (primary N) is 1. The van der Waals surface area contributed by atoms with Gasteiger partial charge in [0.2, 0.25) is 0 Å². The summed E-state index contributed by atoms with van der Waals surface area (Å²) < 4.78 is 0. The molecule has 0 saturated heterocycles. The normalized spacial score (nSPS) is 12.3. The zero-order chi connectivity index (χ0) is 14.8. The third kappa shape index (κ3) is 5.37. The first-order chi connectivity index (χ1) is 8.50. The molecule has 0 aliphatic rings. The van der Waals surface area contributed by atoms with Gasteiger partial charge >= 0.3 is 0 Å². The van der Waals surface area contributed by atoms with Crippen LogP contribution in [0.1, 0.15) is 46.6 Å². The van der Waals surface area contributed by atoms with E-state index in [2.05, 4.69) is 39.9 Å². The average molecular weight is 299 g/mol. The Kier molecular flexibility index (Phi) is 4.86. The maximum atomic E-state index is 6.06. The first-order valence-electron chi connectivity index (χ1n) is 6.38. The summed E-state index contributed by atoms with van der Waals surface area (Å²) in [5.41, 5.74) is 7.66. The Bertz CT molecular complexity index is 476. The number of rotatable bonds is 4. The molecule has 106 valence electrons. The fraction of sp³-hybridized carbons (Fsp3) is 0.533. The van der Waals surface area contributed by atoms with Crippen molar-refractivity contribution >= 4 is 34.5 Å². The van der Waals surface area contributed by atoms with Crippen LogP contribution in [0.25, 0.3) is 0 Å². The van der Waals surface area contributed by atoms with E-state index in [0.29, 0.717) is 10.0 Å². The van der Waals surface area contributed by atoms with Gasteiger partial charge in [0.15, 0.2) is 0 Å². The summed E-state index contributed by atoms with van der Waals surface area (Å²) in [7, 11) is 0. The Labute approximate surface area is 126 Å². The molecule has 0 radical (unpaired) electrons. The second kappa shape index (κ2) is 5.68. The van der Waals surface area contributed by atoms with Gasteiger partial charge in [-0.2, -0.15) is 0 Å². The Balaban J connectivity index is 3.04. The van der Waals surface area contributed by atoms with Crippen LogP contribution in [0.3, 0.4) is 0 Å². The molecule has 0 fully saturated rings. The lowest BCUT2D eigenvalue weighted by Crippen LogP contribution is -2.36. The minimum Gasteiger partial charge on any atom is -0.389 e. The zero-order valence-electron chi connectivity index (χ0n) is 12.3. The molecule has 0 aromatic heterocycles. The second-order valence-corrected chi connectivity index (χ2v) is 7.68. The maximum Gasteiger partial charge on any atom is 0.106 e. The van der Waals surface area contributed by atoms with Gasteiger partial charge < -0.3 is 11.1 Å². The lowest BCUT2D eigenvalue weighted by molar-refractivity contribution is 0.302. The monoisotopic (exact) mass is 298 g/mol. The van der Waals surface area contributed by atoms with Gasteiger partial charge in [-0.15, -0.1) is 0 Å². The molecule has 1 aromatic rings. The lowest BCUT2D eigenvalue weighted by Gasteiger charge is -2.35. The second-order valence-electron chi connectivity index (χ2n) is 6.80. The van der Waals surface area contributed by atoms with E-state index in [1.165, 1.54) is 0 Å². The molecule has 0 spiro atoms. The van der Waals surface area contributed by atoms with Crippen molar-refractivity contribution < 1.29 is 0 Å². The predicted molar refractivity (Wildman–Crippen MR) is 89.1 cm³/mol. The molecule has 19 heavy (non-hydrogen) atoms. The van der Waals surface area contributed by atoms with Crippen molar-refractivity contribution in [2.24, 2.45) is 11.1 Å². The molecule has 2 nitrogen and oxygen atoms in total. The van der Waals surface area contributed by atoms with Crippen molar-refractivity contribution in [3.05, 3.63) is 28.8 Å². The molecule has 0 unspecified atom stereocenters. The Morgan fingerprint density at radius 2 is 1.84 bits per heavy atom. The highest BCUT2D eigenvalue weighted by Gasteiger charge is 2.26. The van der Waals surface area contributed by atoms with Gasteiger partial charge in [0.25, 0.3) is 0 Å². The van der Waals surface area contributed by atoms with Crippen LogP contribution < -0.4 is 11.1 Å². The van der Waals surface area contributed by atoms with E-state index in [-0.39, 0.29) is 11.0 Å². The number of thiocarbonyl (C=S) groups is 1. The zero-order valence-corrected chi connectivity index (χ0v) is 13.9. The predicted octanol–water partition coefficient (Wildman–Crippen LogP) is 4.60. The third-order valence-electron chi connectivity index (χ3n) is 2.69. The van der Waals surface area contributed by atoms with E-state index in [4.69, 9.17) is 29.6 Å². The van der Waals surface area contributed by atoms with Crippen molar-refractivity contribution in [3.8, 4) is 0 Å². The van der Waals surface area contributed by atoms with Crippen LogP contribution in [0.2, 0.25) is 5.02 Å². The fourth-order valence-electron chi connectivity index (χ4n) is 2.57. The van der Waals surface area contributed by atoms with Crippen LogP contribution in [-0.4, -0.2) is 10.5 Å². The Hall–Kier alpha value is -0.800. The third-order valence-corrected chi connectivity index (χ3v) is 3.15. The van der Waals surface area contributed by atoms with Gasteiger partial charge in [0.05, 0.1) is 0 Å². The molecule has 0 aliphatic carbocycles. The topological polar surface area (TPSA) is 38.0 Å². The van der Waals surface area contributed by atoms with Gasteiger partial charge in [-0.25, -0.2) is 0 Å². The highest BCUT2D eigenvalue weighted by molar-refractivity contribution is 7.80. The van der Waals surface area contributed by atoms with Crippen molar-refractivity contribution in [1.82, 2.24) is 0 Å². The lowest BCUT2D eigenvalue weighted by atomic mass is 9.81. The van der Waals surface area contributed by atoms with Crippen LogP contribution in [0.5, 0.6) is 0 Å². The quantitative estimate of drug-likeness (QED) is 0.798. The smallest absolute Gasteiger partial charge is 0.106 e. The summed E-state index contributed by atoms with van der Waals surface area (Å²) >= 11 is 11.1. The number of nitrogens with one attached hydrogen (secondary N) is 1. The molecule has 0 aliphatic heterocycles. The SMILES string of the molecule is CC(C)(C)CC(C)(C)Nc1cc(Cl)ccc1C(N)=S. The van der Waals surface area contributed by atoms with E-state index in [1.54, 1.807) is 6.07 Å². The Morgan fingerprint density at radius 3 is 2.32 bits per heavy atom. The molecule has 0 heterocycles. The molecular weight excluding hydrogens is 276 g/mol. The molecule has 0 bridgehead atoms. The van der Waals surface area contributed by atoms with Gasteiger partial charge in [-0.1, -0.05) is 44.6 Å². The number of halogens is 1. The van der Waals surface area contributed by atoms with Gasteiger partial charge in [-0.3, -0.25) is 0 Å². The van der Waals surface area contributed by atoms with Crippen LogP contribution in [0, 0.1) is 5.41 Å². The summed E-state index contributed by atoms with van der Waals surface area (Å²) in [5, 5.41) is 4.19. The summed E-state index contributed by atoms with van der Waals surface area (Å²) in [5.74, 6) is 0. The molecule has 0 atom stereocenters. The van der Waals surface area contributed by atoms with Crippen LogP contribution >= 0.6 is 23.8 Å². The van der Waals surface area contributed by atoms with Gasteiger partial charge in [0, 0.05) is 21.8 Å². The van der Waals surface area contributed by atoms with E-state index in [0.717, 1.165) is 17.7 Å². The van der Waals surface area contributed by atoms with Crippen molar-refractivity contribution in [2.75, 3.05) is 5.32 Å². The minimum absolute atomic E-state index is 0.0670. The molecular formula is C15H23ClN2S. The molecule has 0 saturated carbocycles. The number of hydrogen-bond donors (Lipinski definition) is 2. The van der Waals surface area contributed by atoms with Gasteiger partial charge in [-0.05, 0) is 43.9 Å². The van der Waals surface area contributed by atoms with Gasteiger partial charge in [0.1, 0.15) is 4.99 Å². The average Bonchev–Trinajstić information content (AvgIpc) is 2.11. The number of benzene rings is 1. The minimum atomic E-state index is -0.0670. The maximum absolute atomic E-state index is 6.06. The van der Waals surface area contributed by atoms with E-state index < -0.39 is 0 Å². The van der Waals surface area contributed by atoms with E-state index >= 15 is 0 Å². The molecule has 1 rings (SSSR count). The fourth-order valence-corrected chi connectivity index (χ4v) is 2.92. The highest BCUT2D eigenvalue weighted by Crippen LogP contribution is 2.31.